The van der Waals surface area contributed by atoms with Crippen molar-refractivity contribution in [2.75, 3.05) is 6.61 Å². The molecular weight excluding hydrogens is 452 g/mol. The number of carboxylic acids is 1. The predicted octanol–water partition coefficient (Wildman–Crippen LogP) is -1.28. The van der Waals surface area contributed by atoms with Crippen molar-refractivity contribution >= 4 is 18.2 Å². The van der Waals surface area contributed by atoms with E-state index in [1.807, 2.05) is 0 Å². The molecule has 0 bridgehead atoms. The van der Waals surface area contributed by atoms with Crippen LogP contribution in [0.1, 0.15) is 20.7 Å². The van der Waals surface area contributed by atoms with Crippen molar-refractivity contribution < 1.29 is 70.2 Å². The summed E-state index contributed by atoms with van der Waals surface area (Å²) in [5.41, 5.74) is -4.10. The summed E-state index contributed by atoms with van der Waals surface area (Å²) in [5.74, 6) is -11.5. The Morgan fingerprint density at radius 2 is 1.45 bits per heavy atom. The highest BCUT2D eigenvalue weighted by Crippen LogP contribution is 2.53. The minimum absolute atomic E-state index is 0.159. The number of esters is 1. The van der Waals surface area contributed by atoms with E-state index in [2.05, 4.69) is 4.74 Å². The molecule has 33 heavy (non-hydrogen) atoms. The molecule has 2 rings (SSSR count). The van der Waals surface area contributed by atoms with Gasteiger partial charge in [-0.25, -0.2) is 9.59 Å². The Labute approximate surface area is 183 Å². The Morgan fingerprint density at radius 1 is 0.879 bits per heavy atom. The van der Waals surface area contributed by atoms with Crippen LogP contribution in [-0.2, 0) is 9.53 Å². The Bertz CT molecular complexity index is 1110. The number of hydrogen-bond acceptors (Lipinski definition) is 13. The van der Waals surface area contributed by atoms with E-state index < -0.39 is 93.6 Å². The van der Waals surface area contributed by atoms with Gasteiger partial charge >= 0.3 is 11.9 Å². The van der Waals surface area contributed by atoms with Crippen LogP contribution in [0.3, 0.4) is 0 Å². The molecule has 2 aromatic rings. The van der Waals surface area contributed by atoms with Gasteiger partial charge in [-0.3, -0.25) is 4.79 Å². The molecule has 0 fully saturated rings. The molecule has 14 nitrogen and oxygen atoms in total. The van der Waals surface area contributed by atoms with Gasteiger partial charge in [0.1, 0.15) is 23.3 Å². The highest BCUT2D eigenvalue weighted by molar-refractivity contribution is 6.09. The maximum absolute atomic E-state index is 12.7. The molecule has 3 atom stereocenters. The van der Waals surface area contributed by atoms with Crippen molar-refractivity contribution in [3.05, 3.63) is 23.3 Å². The highest BCUT2D eigenvalue weighted by Gasteiger charge is 2.36. The largest absolute Gasteiger partial charge is 0.504 e. The van der Waals surface area contributed by atoms with Crippen molar-refractivity contribution in [1.82, 2.24) is 0 Å². The van der Waals surface area contributed by atoms with Gasteiger partial charge < -0.3 is 55.8 Å². The molecular formula is C19H18O14. The lowest BCUT2D eigenvalue weighted by atomic mass is 9.92. The van der Waals surface area contributed by atoms with Gasteiger partial charge in [0.2, 0.25) is 11.5 Å². The fraction of sp³-hybridized carbons (Fsp3) is 0.211. The van der Waals surface area contributed by atoms with Crippen LogP contribution in [0.2, 0.25) is 0 Å². The maximum Gasteiger partial charge on any atom is 0.343 e. The summed E-state index contributed by atoms with van der Waals surface area (Å²) in [6.45, 7) is -1.05. The van der Waals surface area contributed by atoms with E-state index in [9.17, 15) is 60.3 Å². The molecule has 0 amide bonds. The van der Waals surface area contributed by atoms with Crippen molar-refractivity contribution in [1.29, 1.82) is 0 Å². The van der Waals surface area contributed by atoms with E-state index in [4.69, 9.17) is 5.11 Å². The first kappa shape index (κ1) is 25.0. The second-order valence-corrected chi connectivity index (χ2v) is 6.55. The van der Waals surface area contributed by atoms with Gasteiger partial charge in [0.15, 0.2) is 35.4 Å². The van der Waals surface area contributed by atoms with E-state index in [0.29, 0.717) is 0 Å². The van der Waals surface area contributed by atoms with Crippen LogP contribution in [0.5, 0.6) is 34.5 Å². The number of aldehydes is 1. The number of carbonyl (C=O) groups is 3. The zero-order valence-electron chi connectivity index (χ0n) is 16.3. The Hall–Kier alpha value is -4.27. The van der Waals surface area contributed by atoms with Crippen molar-refractivity contribution in [2.45, 2.75) is 18.3 Å². The van der Waals surface area contributed by atoms with E-state index in [1.165, 1.54) is 0 Å². The van der Waals surface area contributed by atoms with Crippen LogP contribution in [0.25, 0.3) is 11.1 Å². The normalized spacial score (nSPS) is 13.7. The molecule has 0 unspecified atom stereocenters. The van der Waals surface area contributed by atoms with Crippen molar-refractivity contribution in [2.24, 2.45) is 0 Å². The maximum atomic E-state index is 12.7. The van der Waals surface area contributed by atoms with Crippen molar-refractivity contribution in [3.8, 4) is 45.6 Å². The molecule has 2 aromatic carbocycles. The minimum atomic E-state index is -2.16. The van der Waals surface area contributed by atoms with Gasteiger partial charge in [0.05, 0.1) is 6.61 Å². The molecule has 0 aliphatic rings. The fourth-order valence-electron chi connectivity index (χ4n) is 2.85. The molecule has 0 saturated carbocycles. The van der Waals surface area contributed by atoms with Crippen LogP contribution < -0.4 is 0 Å². The van der Waals surface area contributed by atoms with Gasteiger partial charge in [-0.15, -0.1) is 0 Å². The SMILES string of the molecule is O=C[C@@H](OC(=O)c1c(O)c(O)c(O)c(O)c1-c1ccc(O)c(O)c1C(=O)O)[C@H](O)[C@H](O)CO. The molecule has 0 aromatic heterocycles. The number of phenols is 6. The number of aliphatic hydroxyl groups excluding tert-OH is 3. The summed E-state index contributed by atoms with van der Waals surface area (Å²) < 4.78 is 4.67. The smallest absolute Gasteiger partial charge is 0.343 e. The number of aromatic hydroxyl groups is 6. The van der Waals surface area contributed by atoms with Crippen LogP contribution in [-0.4, -0.2) is 94.2 Å². The number of carboxylic acid groups (broad SMARTS) is 1. The minimum Gasteiger partial charge on any atom is -0.504 e. The lowest BCUT2D eigenvalue weighted by Crippen LogP contribution is -2.43. The second-order valence-electron chi connectivity index (χ2n) is 6.55. The number of phenolic OH excluding ortho intramolecular Hbond substituents is 5. The number of rotatable bonds is 8. The molecule has 0 aliphatic heterocycles. The predicted molar refractivity (Wildman–Crippen MR) is 103 cm³/mol. The number of hydrogen-bond donors (Lipinski definition) is 10. The van der Waals surface area contributed by atoms with Crippen molar-refractivity contribution in [3.63, 3.8) is 0 Å². The summed E-state index contributed by atoms with van der Waals surface area (Å²) in [4.78, 5) is 35.6. The zero-order valence-corrected chi connectivity index (χ0v) is 16.3. The van der Waals surface area contributed by atoms with Crippen LogP contribution in [0.15, 0.2) is 12.1 Å². The lowest BCUT2D eigenvalue weighted by Gasteiger charge is -2.23. The first-order valence-electron chi connectivity index (χ1n) is 8.80. The number of benzene rings is 2. The molecule has 0 heterocycles. The average Bonchev–Trinajstić information content (AvgIpc) is 2.78. The van der Waals surface area contributed by atoms with Gasteiger partial charge in [-0.1, -0.05) is 0 Å². The summed E-state index contributed by atoms with van der Waals surface area (Å²) >= 11 is 0. The number of ether oxygens (including phenoxy) is 1. The number of aliphatic hydroxyl groups is 3. The average molecular weight is 470 g/mol. The molecule has 10 N–H and O–H groups in total. The Balaban J connectivity index is 2.82. The first-order valence-corrected chi connectivity index (χ1v) is 8.80. The monoisotopic (exact) mass is 470 g/mol. The topological polar surface area (TPSA) is 263 Å². The zero-order chi connectivity index (χ0) is 25.2. The van der Waals surface area contributed by atoms with Gasteiger partial charge in [-0.2, -0.15) is 0 Å². The molecule has 0 spiro atoms. The highest BCUT2D eigenvalue weighted by atomic mass is 16.6. The third-order valence-electron chi connectivity index (χ3n) is 4.54. The van der Waals surface area contributed by atoms with E-state index in [-0.39, 0.29) is 6.29 Å². The first-order chi connectivity index (χ1) is 15.4. The van der Waals surface area contributed by atoms with Gasteiger partial charge in [0, 0.05) is 11.1 Å². The quantitative estimate of drug-likeness (QED) is 0.0932. The third-order valence-corrected chi connectivity index (χ3v) is 4.54. The number of aromatic carboxylic acids is 1. The molecule has 14 heteroatoms. The molecule has 0 saturated heterocycles. The third kappa shape index (κ3) is 4.38. The van der Waals surface area contributed by atoms with Gasteiger partial charge in [-0.05, 0) is 12.1 Å². The summed E-state index contributed by atoms with van der Waals surface area (Å²) in [6, 6.07) is 1.50. The van der Waals surface area contributed by atoms with E-state index in [0.717, 1.165) is 12.1 Å². The summed E-state index contributed by atoms with van der Waals surface area (Å²) in [5, 5.41) is 97.3. The van der Waals surface area contributed by atoms with E-state index in [1.54, 1.807) is 0 Å². The Morgan fingerprint density at radius 3 is 1.97 bits per heavy atom. The molecule has 178 valence electrons. The summed E-state index contributed by atoms with van der Waals surface area (Å²) in [6.07, 6.45) is -6.42. The van der Waals surface area contributed by atoms with Crippen LogP contribution in [0.4, 0.5) is 0 Å². The lowest BCUT2D eigenvalue weighted by molar-refractivity contribution is -0.129. The van der Waals surface area contributed by atoms with Gasteiger partial charge in [0.25, 0.3) is 0 Å². The van der Waals surface area contributed by atoms with E-state index >= 15 is 0 Å². The number of carbonyl (C=O) groups excluding carboxylic acids is 2. The Kier molecular flexibility index (Phi) is 7.18. The summed E-state index contributed by atoms with van der Waals surface area (Å²) in [7, 11) is 0. The standard InChI is InChI=1S/C19H18O14/c20-3-7(23)12(24)8(4-21)33-19(32)11-9(14(26)16(28)17(29)15(11)27)5-1-2-6(22)13(25)10(5)18(30)31/h1-2,4,7-8,12,20,22-29H,3H2,(H,30,31)/t7-,8-,12-/m1/s1. The second kappa shape index (κ2) is 9.47. The fourth-order valence-corrected chi connectivity index (χ4v) is 2.85. The molecule has 0 aliphatic carbocycles. The van der Waals surface area contributed by atoms with Crippen LogP contribution in [0, 0.1) is 0 Å². The molecule has 0 radical (unpaired) electrons. The van der Waals surface area contributed by atoms with Crippen LogP contribution >= 0.6 is 0 Å².